The molecule has 0 unspecified atom stereocenters. The fraction of sp³-hybridized carbons (Fsp3) is 0.700. The normalized spacial score (nSPS) is 11.9. The summed E-state index contributed by atoms with van der Waals surface area (Å²) in [6, 6.07) is 0. The Balaban J connectivity index is 4.20. The Morgan fingerprint density at radius 2 is 1.77 bits per heavy atom. The van der Waals surface area contributed by atoms with E-state index in [4.69, 9.17) is 9.47 Å². The van der Waals surface area contributed by atoms with E-state index in [0.29, 0.717) is 25.9 Å². The number of carbonyl (C=O) groups excluding carboxylic acids is 4. The zero-order chi connectivity index (χ0) is 23.2. The van der Waals surface area contributed by atoms with Gasteiger partial charge in [-0.15, -0.1) is 0 Å². The van der Waals surface area contributed by atoms with E-state index < -0.39 is 11.4 Å². The Morgan fingerprint density at radius 3 is 2.37 bits per heavy atom. The van der Waals surface area contributed by atoms with Gasteiger partial charge in [-0.05, 0) is 40.2 Å². The zero-order valence-corrected chi connectivity index (χ0v) is 20.3. The standard InChI is InChI=1S/C20H34N2O6S2/c1-16(24)27-12-13-29-30-15-20(4,5)28-11-9-19(2,3)21-17(25)14-22(6)18(26)8-7-10-23/h7-8,10H,9,11-15H2,1-6H3,(H,21,25)/b8-7-. The first kappa shape index (κ1) is 28.5. The molecule has 0 aliphatic heterocycles. The zero-order valence-electron chi connectivity index (χ0n) is 18.7. The fourth-order valence-corrected chi connectivity index (χ4v) is 4.49. The van der Waals surface area contributed by atoms with Crippen molar-refractivity contribution >= 4 is 45.7 Å². The highest BCUT2D eigenvalue weighted by molar-refractivity contribution is 8.76. The molecule has 172 valence electrons. The van der Waals surface area contributed by atoms with Gasteiger partial charge in [-0.3, -0.25) is 19.2 Å². The highest BCUT2D eigenvalue weighted by Gasteiger charge is 2.24. The average Bonchev–Trinajstić information content (AvgIpc) is 2.61. The molecule has 0 aliphatic carbocycles. The average molecular weight is 463 g/mol. The Bertz CT molecular complexity index is 608. The molecule has 8 nitrogen and oxygen atoms in total. The molecular formula is C20H34N2O6S2. The summed E-state index contributed by atoms with van der Waals surface area (Å²) in [5, 5.41) is 2.90. The van der Waals surface area contributed by atoms with Crippen molar-refractivity contribution in [2.24, 2.45) is 0 Å². The molecule has 30 heavy (non-hydrogen) atoms. The summed E-state index contributed by atoms with van der Waals surface area (Å²) in [5.41, 5.74) is -0.835. The number of amides is 2. The number of allylic oxidation sites excluding steroid dienone is 1. The van der Waals surface area contributed by atoms with Gasteiger partial charge >= 0.3 is 5.97 Å². The number of hydrogen-bond donors (Lipinski definition) is 1. The summed E-state index contributed by atoms with van der Waals surface area (Å²) in [4.78, 5) is 46.1. The Kier molecular flexibility index (Phi) is 13.7. The summed E-state index contributed by atoms with van der Waals surface area (Å²) in [5.74, 6) is 0.525. The molecule has 0 saturated carbocycles. The maximum absolute atomic E-state index is 12.2. The van der Waals surface area contributed by atoms with Crippen LogP contribution in [0.1, 0.15) is 41.0 Å². The third-order valence-corrected chi connectivity index (χ3v) is 6.40. The van der Waals surface area contributed by atoms with Crippen LogP contribution in [-0.2, 0) is 28.7 Å². The predicted octanol–water partition coefficient (Wildman–Crippen LogP) is 2.22. The van der Waals surface area contributed by atoms with Crippen molar-refractivity contribution < 1.29 is 28.7 Å². The SMILES string of the molecule is CC(=O)OCCSSCC(C)(C)OCCC(C)(C)NC(=O)CN(C)C(=O)/C=C\C=O. The molecule has 0 rings (SSSR count). The number of esters is 1. The molecule has 0 aliphatic rings. The summed E-state index contributed by atoms with van der Waals surface area (Å²) in [6.45, 7) is 9.97. The lowest BCUT2D eigenvalue weighted by molar-refractivity contribution is -0.140. The topological polar surface area (TPSA) is 102 Å². The molecule has 0 aromatic rings. The number of likely N-dealkylation sites (N-methyl/N-ethyl adjacent to an activating group) is 1. The summed E-state index contributed by atoms with van der Waals surface area (Å²) < 4.78 is 10.9. The predicted molar refractivity (Wildman–Crippen MR) is 121 cm³/mol. The first-order valence-electron chi connectivity index (χ1n) is 9.58. The fourth-order valence-electron chi connectivity index (χ4n) is 2.11. The lowest BCUT2D eigenvalue weighted by atomic mass is 10.0. The maximum Gasteiger partial charge on any atom is 0.302 e. The second-order valence-corrected chi connectivity index (χ2v) is 10.5. The van der Waals surface area contributed by atoms with E-state index in [1.165, 1.54) is 18.9 Å². The van der Waals surface area contributed by atoms with Crippen LogP contribution in [0.15, 0.2) is 12.2 Å². The van der Waals surface area contributed by atoms with E-state index in [9.17, 15) is 19.2 Å². The van der Waals surface area contributed by atoms with Crippen molar-refractivity contribution in [3.8, 4) is 0 Å². The first-order valence-corrected chi connectivity index (χ1v) is 12.1. The molecular weight excluding hydrogens is 428 g/mol. The van der Waals surface area contributed by atoms with Crippen LogP contribution in [0.5, 0.6) is 0 Å². The molecule has 0 bridgehead atoms. The number of nitrogens with zero attached hydrogens (tertiary/aromatic N) is 1. The lowest BCUT2D eigenvalue weighted by Gasteiger charge is -2.30. The molecule has 0 aromatic heterocycles. The maximum atomic E-state index is 12.2. The number of ether oxygens (including phenoxy) is 2. The highest BCUT2D eigenvalue weighted by atomic mass is 33.1. The molecule has 10 heteroatoms. The molecule has 0 spiro atoms. The minimum atomic E-state index is -0.498. The number of nitrogens with one attached hydrogen (secondary N) is 1. The Morgan fingerprint density at radius 1 is 1.10 bits per heavy atom. The van der Waals surface area contributed by atoms with E-state index in [2.05, 4.69) is 5.32 Å². The number of carbonyl (C=O) groups is 4. The third kappa shape index (κ3) is 15.3. The van der Waals surface area contributed by atoms with Crippen LogP contribution in [0.4, 0.5) is 0 Å². The molecule has 2 amide bonds. The molecule has 0 radical (unpaired) electrons. The highest BCUT2D eigenvalue weighted by Crippen LogP contribution is 2.27. The van der Waals surface area contributed by atoms with Gasteiger partial charge in [0.15, 0.2) is 0 Å². The van der Waals surface area contributed by atoms with Gasteiger partial charge in [0.1, 0.15) is 12.9 Å². The number of aldehydes is 1. The number of rotatable bonds is 15. The smallest absolute Gasteiger partial charge is 0.302 e. The molecule has 0 fully saturated rings. The van der Waals surface area contributed by atoms with Crippen LogP contribution in [0.3, 0.4) is 0 Å². The van der Waals surface area contributed by atoms with Gasteiger partial charge in [-0.2, -0.15) is 0 Å². The van der Waals surface area contributed by atoms with Crippen molar-refractivity contribution in [1.82, 2.24) is 10.2 Å². The van der Waals surface area contributed by atoms with E-state index in [-0.39, 0.29) is 24.0 Å². The van der Waals surface area contributed by atoms with Gasteiger partial charge < -0.3 is 19.7 Å². The van der Waals surface area contributed by atoms with Gasteiger partial charge in [0.25, 0.3) is 0 Å². The van der Waals surface area contributed by atoms with Gasteiger partial charge in [0.05, 0.1) is 12.1 Å². The van der Waals surface area contributed by atoms with Crippen molar-refractivity contribution in [2.45, 2.75) is 52.2 Å². The summed E-state index contributed by atoms with van der Waals surface area (Å²) in [7, 11) is 4.79. The van der Waals surface area contributed by atoms with Crippen LogP contribution in [0.25, 0.3) is 0 Å². The van der Waals surface area contributed by atoms with E-state index in [1.807, 2.05) is 27.7 Å². The van der Waals surface area contributed by atoms with E-state index in [0.717, 1.165) is 23.7 Å². The van der Waals surface area contributed by atoms with Crippen LogP contribution >= 0.6 is 21.6 Å². The van der Waals surface area contributed by atoms with Gasteiger partial charge in [-0.25, -0.2) is 0 Å². The van der Waals surface area contributed by atoms with Crippen LogP contribution < -0.4 is 5.32 Å². The monoisotopic (exact) mass is 462 g/mol. The van der Waals surface area contributed by atoms with Gasteiger partial charge in [0, 0.05) is 43.7 Å². The summed E-state index contributed by atoms with van der Waals surface area (Å²) in [6.07, 6.45) is 3.33. The van der Waals surface area contributed by atoms with Crippen molar-refractivity contribution in [1.29, 1.82) is 0 Å². The number of hydrogen-bond acceptors (Lipinski definition) is 8. The second kappa shape index (κ2) is 14.5. The quantitative estimate of drug-likeness (QED) is 0.130. The van der Waals surface area contributed by atoms with Crippen molar-refractivity contribution in [3.63, 3.8) is 0 Å². The van der Waals surface area contributed by atoms with Crippen LogP contribution in [0, 0.1) is 0 Å². The molecule has 1 N–H and O–H groups in total. The summed E-state index contributed by atoms with van der Waals surface area (Å²) >= 11 is 0. The molecule has 0 atom stereocenters. The van der Waals surface area contributed by atoms with E-state index >= 15 is 0 Å². The van der Waals surface area contributed by atoms with Gasteiger partial charge in [-0.1, -0.05) is 21.6 Å². The molecule has 0 saturated heterocycles. The first-order chi connectivity index (χ1) is 13.9. The minimum absolute atomic E-state index is 0.0982. The van der Waals surface area contributed by atoms with E-state index in [1.54, 1.807) is 21.6 Å². The van der Waals surface area contributed by atoms with Crippen LogP contribution in [-0.4, -0.2) is 78.4 Å². The molecule has 0 heterocycles. The lowest BCUT2D eigenvalue weighted by Crippen LogP contribution is -2.48. The minimum Gasteiger partial charge on any atom is -0.465 e. The third-order valence-electron chi connectivity index (χ3n) is 3.73. The Labute approximate surface area is 187 Å². The van der Waals surface area contributed by atoms with Crippen LogP contribution in [0.2, 0.25) is 0 Å². The van der Waals surface area contributed by atoms with Gasteiger partial charge in [0.2, 0.25) is 11.8 Å². The Hall–Kier alpha value is -1.52. The van der Waals surface area contributed by atoms with Crippen molar-refractivity contribution in [3.05, 3.63) is 12.2 Å². The second-order valence-electron chi connectivity index (χ2n) is 7.90. The molecule has 0 aromatic carbocycles. The largest absolute Gasteiger partial charge is 0.465 e. The van der Waals surface area contributed by atoms with Crippen molar-refractivity contribution in [2.75, 3.05) is 38.3 Å².